The van der Waals surface area contributed by atoms with Crippen LogP contribution in [-0.2, 0) is 6.61 Å². The molecule has 0 atom stereocenters. The van der Waals surface area contributed by atoms with Gasteiger partial charge < -0.3 is 5.11 Å². The van der Waals surface area contributed by atoms with Crippen molar-refractivity contribution in [3.8, 4) is 29.8 Å². The highest BCUT2D eigenvalue weighted by Crippen LogP contribution is 2.05. The topological polar surface area (TPSA) is 44.0 Å². The largest absolute Gasteiger partial charge is 0.392 e. The maximum absolute atomic E-state index is 8.95. The summed E-state index contributed by atoms with van der Waals surface area (Å²) in [4.78, 5) is 0. The first-order valence-corrected chi connectivity index (χ1v) is 6.70. The Hall–Kier alpha value is -3.25. The Balaban J connectivity index is 2.01. The van der Waals surface area contributed by atoms with E-state index < -0.39 is 0 Å². The van der Waals surface area contributed by atoms with Crippen LogP contribution in [0.1, 0.15) is 22.3 Å². The van der Waals surface area contributed by atoms with Gasteiger partial charge in [-0.2, -0.15) is 5.26 Å². The van der Waals surface area contributed by atoms with E-state index in [0.717, 1.165) is 11.1 Å². The van der Waals surface area contributed by atoms with Crippen molar-refractivity contribution in [2.45, 2.75) is 6.61 Å². The molecule has 2 heteroatoms. The number of hydrogen-bond acceptors (Lipinski definition) is 2. The molecule has 2 aromatic rings. The van der Waals surface area contributed by atoms with E-state index in [-0.39, 0.29) is 6.61 Å². The van der Waals surface area contributed by atoms with Crippen LogP contribution < -0.4 is 0 Å². The molecule has 22 heavy (non-hydrogen) atoms. The van der Waals surface area contributed by atoms with Gasteiger partial charge in [0.05, 0.1) is 12.2 Å². The normalized spacial score (nSPS) is 9.27. The average molecular weight is 283 g/mol. The second kappa shape index (κ2) is 8.13. The molecular weight excluding hydrogens is 270 g/mol. The summed E-state index contributed by atoms with van der Waals surface area (Å²) in [7, 11) is 0. The lowest BCUT2D eigenvalue weighted by Crippen LogP contribution is -1.82. The van der Waals surface area contributed by atoms with Gasteiger partial charge in [-0.25, -0.2) is 0 Å². The molecule has 0 aliphatic heterocycles. The highest BCUT2D eigenvalue weighted by molar-refractivity contribution is 5.49. The van der Waals surface area contributed by atoms with Crippen LogP contribution in [0.15, 0.2) is 60.7 Å². The maximum Gasteiger partial charge on any atom is 0.100 e. The quantitative estimate of drug-likeness (QED) is 0.818. The summed E-state index contributed by atoms with van der Waals surface area (Å²) in [6.07, 6.45) is 3.32. The van der Waals surface area contributed by atoms with E-state index in [1.54, 1.807) is 18.2 Å². The predicted octanol–water partition coefficient (Wildman–Crippen LogP) is 3.01. The third-order valence-corrected chi connectivity index (χ3v) is 2.86. The lowest BCUT2D eigenvalue weighted by Gasteiger charge is -1.94. The first-order valence-electron chi connectivity index (χ1n) is 6.70. The van der Waals surface area contributed by atoms with Crippen molar-refractivity contribution < 1.29 is 5.11 Å². The Labute approximate surface area is 130 Å². The lowest BCUT2D eigenvalue weighted by atomic mass is 10.1. The van der Waals surface area contributed by atoms with Crippen molar-refractivity contribution in [3.05, 3.63) is 82.9 Å². The molecule has 0 saturated heterocycles. The molecule has 0 bridgehead atoms. The van der Waals surface area contributed by atoms with Crippen LogP contribution in [0.2, 0.25) is 0 Å². The predicted molar refractivity (Wildman–Crippen MR) is 86.4 cm³/mol. The van der Waals surface area contributed by atoms with Crippen LogP contribution in [0.25, 0.3) is 0 Å². The molecule has 104 valence electrons. The van der Waals surface area contributed by atoms with Gasteiger partial charge in [0, 0.05) is 11.1 Å². The smallest absolute Gasteiger partial charge is 0.100 e. The summed E-state index contributed by atoms with van der Waals surface area (Å²) >= 11 is 0. The van der Waals surface area contributed by atoms with E-state index in [2.05, 4.69) is 29.8 Å². The first-order chi connectivity index (χ1) is 10.8. The number of aliphatic hydroxyl groups is 1. The number of allylic oxidation sites excluding steroid dienone is 2. The lowest BCUT2D eigenvalue weighted by molar-refractivity contribution is 0.282. The van der Waals surface area contributed by atoms with Gasteiger partial charge >= 0.3 is 0 Å². The number of aliphatic hydroxyl groups excluding tert-OH is 1. The molecule has 2 aromatic carbocycles. The molecule has 0 aliphatic rings. The van der Waals surface area contributed by atoms with Crippen molar-refractivity contribution in [1.29, 1.82) is 5.26 Å². The summed E-state index contributed by atoms with van der Waals surface area (Å²) in [5, 5.41) is 17.9. The fraction of sp³-hybridized carbons (Fsp3) is 0.0500. The van der Waals surface area contributed by atoms with Crippen LogP contribution in [0.5, 0.6) is 0 Å². The molecule has 0 unspecified atom stereocenters. The summed E-state index contributed by atoms with van der Waals surface area (Å²) in [6.45, 7) is 0.0351. The van der Waals surface area contributed by atoms with Crippen LogP contribution in [-0.4, -0.2) is 5.11 Å². The molecule has 0 fully saturated rings. The van der Waals surface area contributed by atoms with Gasteiger partial charge in [-0.1, -0.05) is 47.9 Å². The molecule has 0 aliphatic carbocycles. The SMILES string of the molecule is N#Cc1ccccc1C#CC=CC#Cc1ccc(CO)cc1. The van der Waals surface area contributed by atoms with Gasteiger partial charge in [0.15, 0.2) is 0 Å². The van der Waals surface area contributed by atoms with Crippen molar-refractivity contribution in [2.24, 2.45) is 0 Å². The second-order valence-corrected chi connectivity index (χ2v) is 4.38. The van der Waals surface area contributed by atoms with Gasteiger partial charge in [0.2, 0.25) is 0 Å². The first kappa shape index (κ1) is 15.1. The molecule has 0 aromatic heterocycles. The Morgan fingerprint density at radius 2 is 1.50 bits per heavy atom. The molecule has 2 nitrogen and oxygen atoms in total. The van der Waals surface area contributed by atoms with Crippen LogP contribution in [0.4, 0.5) is 0 Å². The van der Waals surface area contributed by atoms with E-state index in [1.165, 1.54) is 0 Å². The number of benzene rings is 2. The Bertz CT molecular complexity index is 831. The van der Waals surface area contributed by atoms with E-state index in [1.807, 2.05) is 42.5 Å². The molecule has 0 saturated carbocycles. The third-order valence-electron chi connectivity index (χ3n) is 2.86. The summed E-state index contributed by atoms with van der Waals surface area (Å²) in [5.41, 5.74) is 3.02. The summed E-state index contributed by atoms with van der Waals surface area (Å²) in [6, 6.07) is 16.7. The van der Waals surface area contributed by atoms with Crippen LogP contribution >= 0.6 is 0 Å². The monoisotopic (exact) mass is 283 g/mol. The fourth-order valence-corrected chi connectivity index (χ4v) is 1.71. The van der Waals surface area contributed by atoms with Gasteiger partial charge in [0.1, 0.15) is 6.07 Å². The highest BCUT2D eigenvalue weighted by Gasteiger charge is 1.94. The van der Waals surface area contributed by atoms with E-state index >= 15 is 0 Å². The summed E-state index contributed by atoms with van der Waals surface area (Å²) in [5.74, 6) is 11.7. The molecule has 1 N–H and O–H groups in total. The average Bonchev–Trinajstić information content (AvgIpc) is 2.58. The highest BCUT2D eigenvalue weighted by atomic mass is 16.3. The van der Waals surface area contributed by atoms with Gasteiger partial charge in [0.25, 0.3) is 0 Å². The Kier molecular flexibility index (Phi) is 5.60. The Morgan fingerprint density at radius 1 is 0.864 bits per heavy atom. The van der Waals surface area contributed by atoms with Gasteiger partial charge in [-0.05, 0) is 42.0 Å². The molecule has 0 spiro atoms. The maximum atomic E-state index is 8.95. The van der Waals surface area contributed by atoms with Crippen molar-refractivity contribution >= 4 is 0 Å². The zero-order chi connectivity index (χ0) is 15.6. The third kappa shape index (κ3) is 4.39. The van der Waals surface area contributed by atoms with E-state index in [0.29, 0.717) is 11.1 Å². The summed E-state index contributed by atoms with van der Waals surface area (Å²) < 4.78 is 0. The van der Waals surface area contributed by atoms with Crippen molar-refractivity contribution in [2.75, 3.05) is 0 Å². The molecule has 0 amide bonds. The molecule has 2 rings (SSSR count). The number of rotatable bonds is 1. The zero-order valence-corrected chi connectivity index (χ0v) is 11.9. The zero-order valence-electron chi connectivity index (χ0n) is 11.9. The van der Waals surface area contributed by atoms with Crippen molar-refractivity contribution in [3.63, 3.8) is 0 Å². The van der Waals surface area contributed by atoms with Crippen LogP contribution in [0, 0.1) is 35.0 Å². The van der Waals surface area contributed by atoms with Crippen LogP contribution in [0.3, 0.4) is 0 Å². The minimum atomic E-state index is 0.0351. The Morgan fingerprint density at radius 3 is 2.14 bits per heavy atom. The van der Waals surface area contributed by atoms with E-state index in [4.69, 9.17) is 10.4 Å². The number of nitriles is 1. The molecular formula is C20H13NO. The van der Waals surface area contributed by atoms with Crippen molar-refractivity contribution in [1.82, 2.24) is 0 Å². The number of hydrogen-bond donors (Lipinski definition) is 1. The molecule has 0 radical (unpaired) electrons. The second-order valence-electron chi connectivity index (χ2n) is 4.38. The van der Waals surface area contributed by atoms with E-state index in [9.17, 15) is 0 Å². The van der Waals surface area contributed by atoms with Gasteiger partial charge in [-0.15, -0.1) is 0 Å². The molecule has 0 heterocycles. The minimum absolute atomic E-state index is 0.0351. The minimum Gasteiger partial charge on any atom is -0.392 e. The van der Waals surface area contributed by atoms with Gasteiger partial charge in [-0.3, -0.25) is 0 Å². The number of nitrogens with zero attached hydrogens (tertiary/aromatic N) is 1. The standard InChI is InChI=1S/C20H13NO/c21-15-20-10-6-5-9-19(20)8-4-2-1-3-7-17-11-13-18(16-22)14-12-17/h1-2,5-6,9-14,22H,16H2. The fourth-order valence-electron chi connectivity index (χ4n) is 1.71.